The lowest BCUT2D eigenvalue weighted by Crippen LogP contribution is -2.48. The molecule has 0 amide bonds. The summed E-state index contributed by atoms with van der Waals surface area (Å²) in [7, 11) is 0. The van der Waals surface area contributed by atoms with Gasteiger partial charge in [-0.3, -0.25) is 4.90 Å². The molecule has 0 bridgehead atoms. The van der Waals surface area contributed by atoms with Crippen LogP contribution in [0, 0.1) is 23.2 Å². The number of nitrogens with zero attached hydrogens (tertiary/aromatic N) is 1. The first kappa shape index (κ1) is 16.0. The van der Waals surface area contributed by atoms with Gasteiger partial charge in [0.25, 0.3) is 0 Å². The summed E-state index contributed by atoms with van der Waals surface area (Å²) in [6.45, 7) is 17.4. The molecule has 0 aromatic carbocycles. The van der Waals surface area contributed by atoms with Crippen LogP contribution in [0.5, 0.6) is 0 Å². The largest absolute Gasteiger partial charge is 0.330 e. The predicted octanol–water partition coefficient (Wildman–Crippen LogP) is 3.36. The van der Waals surface area contributed by atoms with Crippen molar-refractivity contribution in [2.75, 3.05) is 19.6 Å². The smallest absolute Gasteiger partial charge is 0.00929 e. The fourth-order valence-electron chi connectivity index (χ4n) is 3.49. The van der Waals surface area contributed by atoms with Gasteiger partial charge in [-0.15, -0.1) is 0 Å². The van der Waals surface area contributed by atoms with Crippen LogP contribution in [0.3, 0.4) is 0 Å². The van der Waals surface area contributed by atoms with Gasteiger partial charge in [0.05, 0.1) is 0 Å². The Morgan fingerprint density at radius 3 is 2.33 bits per heavy atom. The minimum atomic E-state index is 0.389. The van der Waals surface area contributed by atoms with E-state index in [0.717, 1.165) is 24.4 Å². The summed E-state index contributed by atoms with van der Waals surface area (Å²) in [5, 5.41) is 0. The van der Waals surface area contributed by atoms with Crippen molar-refractivity contribution < 1.29 is 0 Å². The van der Waals surface area contributed by atoms with Gasteiger partial charge in [0.15, 0.2) is 0 Å². The first-order valence-electron chi connectivity index (χ1n) is 7.67. The average Bonchev–Trinajstić information content (AvgIpc) is 2.22. The van der Waals surface area contributed by atoms with Crippen LogP contribution in [0.2, 0.25) is 0 Å². The third-order valence-corrected chi connectivity index (χ3v) is 4.45. The molecule has 4 atom stereocenters. The maximum absolute atomic E-state index is 5.99. The Morgan fingerprint density at radius 1 is 1.22 bits per heavy atom. The van der Waals surface area contributed by atoms with Crippen molar-refractivity contribution in [1.29, 1.82) is 0 Å². The van der Waals surface area contributed by atoms with Gasteiger partial charge in [0.1, 0.15) is 0 Å². The molecule has 1 fully saturated rings. The summed E-state index contributed by atoms with van der Waals surface area (Å²) < 4.78 is 0. The fourth-order valence-corrected chi connectivity index (χ4v) is 3.49. The van der Waals surface area contributed by atoms with Crippen molar-refractivity contribution in [3.63, 3.8) is 0 Å². The molecule has 4 unspecified atom stereocenters. The maximum atomic E-state index is 5.99. The van der Waals surface area contributed by atoms with Gasteiger partial charge >= 0.3 is 0 Å². The average molecular weight is 254 g/mol. The Kier molecular flexibility index (Phi) is 5.67. The van der Waals surface area contributed by atoms with Crippen molar-refractivity contribution in [3.8, 4) is 0 Å². The lowest BCUT2D eigenvalue weighted by atomic mass is 9.82. The Labute approximate surface area is 114 Å². The molecule has 0 aromatic rings. The van der Waals surface area contributed by atoms with E-state index in [4.69, 9.17) is 5.73 Å². The summed E-state index contributed by atoms with van der Waals surface area (Å²) in [5.41, 5.74) is 6.37. The van der Waals surface area contributed by atoms with Crippen LogP contribution < -0.4 is 5.73 Å². The van der Waals surface area contributed by atoms with E-state index in [2.05, 4.69) is 46.4 Å². The Bertz CT molecular complexity index is 244. The molecule has 1 saturated heterocycles. The predicted molar refractivity (Wildman–Crippen MR) is 80.6 cm³/mol. The van der Waals surface area contributed by atoms with Crippen LogP contribution in [0.25, 0.3) is 0 Å². The van der Waals surface area contributed by atoms with Crippen LogP contribution in [0.4, 0.5) is 0 Å². The number of hydrogen-bond acceptors (Lipinski definition) is 2. The van der Waals surface area contributed by atoms with Crippen molar-refractivity contribution >= 4 is 0 Å². The summed E-state index contributed by atoms with van der Waals surface area (Å²) in [5.74, 6) is 2.30. The monoisotopic (exact) mass is 254 g/mol. The summed E-state index contributed by atoms with van der Waals surface area (Å²) >= 11 is 0. The van der Waals surface area contributed by atoms with Gasteiger partial charge in [-0.2, -0.15) is 0 Å². The van der Waals surface area contributed by atoms with Crippen molar-refractivity contribution in [2.45, 2.75) is 60.4 Å². The highest BCUT2D eigenvalue weighted by atomic mass is 15.2. The van der Waals surface area contributed by atoms with E-state index < -0.39 is 0 Å². The summed E-state index contributed by atoms with van der Waals surface area (Å²) in [4.78, 5) is 2.68. The molecular formula is C16H34N2. The standard InChI is InChI=1S/C16H34N2/c1-12-7-13(2)14(3)18(10-12)11-15(9-17)8-16(4,5)6/h12-15H,7-11,17H2,1-6H3. The molecule has 2 nitrogen and oxygen atoms in total. The van der Waals surface area contributed by atoms with E-state index in [0.29, 0.717) is 11.3 Å². The van der Waals surface area contributed by atoms with Gasteiger partial charge in [0.2, 0.25) is 0 Å². The molecular weight excluding hydrogens is 220 g/mol. The van der Waals surface area contributed by atoms with E-state index in [1.54, 1.807) is 0 Å². The topological polar surface area (TPSA) is 29.3 Å². The zero-order chi connectivity index (χ0) is 13.9. The molecule has 0 saturated carbocycles. The van der Waals surface area contributed by atoms with E-state index in [9.17, 15) is 0 Å². The SMILES string of the molecule is CC1CC(C)C(C)N(CC(CN)CC(C)(C)C)C1. The minimum Gasteiger partial charge on any atom is -0.330 e. The van der Waals surface area contributed by atoms with E-state index in [-0.39, 0.29) is 0 Å². The third kappa shape index (κ3) is 4.89. The second-order valence-electron chi connectivity index (χ2n) is 7.88. The molecule has 2 heteroatoms. The normalized spacial score (nSPS) is 32.5. The molecule has 1 aliphatic heterocycles. The molecule has 0 radical (unpaired) electrons. The number of nitrogens with two attached hydrogens (primary N) is 1. The molecule has 1 heterocycles. The molecule has 0 spiro atoms. The zero-order valence-electron chi connectivity index (χ0n) is 13.4. The second-order valence-corrected chi connectivity index (χ2v) is 7.88. The lowest BCUT2D eigenvalue weighted by molar-refractivity contribution is 0.0590. The Morgan fingerprint density at radius 2 is 1.83 bits per heavy atom. The van der Waals surface area contributed by atoms with E-state index in [1.165, 1.54) is 25.9 Å². The quantitative estimate of drug-likeness (QED) is 0.833. The van der Waals surface area contributed by atoms with Crippen molar-refractivity contribution in [2.24, 2.45) is 28.9 Å². The molecule has 108 valence electrons. The van der Waals surface area contributed by atoms with Crippen molar-refractivity contribution in [3.05, 3.63) is 0 Å². The number of likely N-dealkylation sites (tertiary alicyclic amines) is 1. The molecule has 1 rings (SSSR count). The fraction of sp³-hybridized carbons (Fsp3) is 1.00. The van der Waals surface area contributed by atoms with Crippen molar-refractivity contribution in [1.82, 2.24) is 4.90 Å². The highest BCUT2D eigenvalue weighted by molar-refractivity contribution is 4.84. The Hall–Kier alpha value is -0.0800. The maximum Gasteiger partial charge on any atom is 0.00929 e. The number of hydrogen-bond donors (Lipinski definition) is 1. The molecule has 1 aliphatic rings. The molecule has 0 aliphatic carbocycles. The van der Waals surface area contributed by atoms with Crippen LogP contribution in [0.1, 0.15) is 54.4 Å². The van der Waals surface area contributed by atoms with Gasteiger partial charge in [0, 0.05) is 19.1 Å². The first-order valence-corrected chi connectivity index (χ1v) is 7.67. The summed E-state index contributed by atoms with van der Waals surface area (Å²) in [6, 6.07) is 0.718. The molecule has 2 N–H and O–H groups in total. The lowest BCUT2D eigenvalue weighted by Gasteiger charge is -2.43. The van der Waals surface area contributed by atoms with Gasteiger partial charge in [-0.05, 0) is 49.5 Å². The van der Waals surface area contributed by atoms with Crippen LogP contribution in [-0.4, -0.2) is 30.6 Å². The van der Waals surface area contributed by atoms with Gasteiger partial charge < -0.3 is 5.73 Å². The zero-order valence-corrected chi connectivity index (χ0v) is 13.4. The number of piperidine rings is 1. The highest BCUT2D eigenvalue weighted by Gasteiger charge is 2.30. The number of rotatable bonds is 4. The van der Waals surface area contributed by atoms with Gasteiger partial charge in [-0.1, -0.05) is 34.6 Å². The second kappa shape index (κ2) is 6.38. The van der Waals surface area contributed by atoms with Crippen LogP contribution in [0.15, 0.2) is 0 Å². The minimum absolute atomic E-state index is 0.389. The summed E-state index contributed by atoms with van der Waals surface area (Å²) in [6.07, 6.45) is 2.61. The van der Waals surface area contributed by atoms with Crippen LogP contribution in [-0.2, 0) is 0 Å². The molecule has 0 aromatic heterocycles. The van der Waals surface area contributed by atoms with Gasteiger partial charge in [-0.25, -0.2) is 0 Å². The Balaban J connectivity index is 2.57. The highest BCUT2D eigenvalue weighted by Crippen LogP contribution is 2.30. The third-order valence-electron chi connectivity index (χ3n) is 4.45. The van der Waals surface area contributed by atoms with E-state index >= 15 is 0 Å². The molecule has 18 heavy (non-hydrogen) atoms. The van der Waals surface area contributed by atoms with Crippen LogP contribution >= 0.6 is 0 Å². The first-order chi connectivity index (χ1) is 8.23. The van der Waals surface area contributed by atoms with E-state index in [1.807, 2.05) is 0 Å².